The van der Waals surface area contributed by atoms with Crippen molar-refractivity contribution < 1.29 is 34.1 Å². The second-order valence-electron chi connectivity index (χ2n) is 6.02. The van der Waals surface area contributed by atoms with Gasteiger partial charge in [-0.15, -0.1) is 0 Å². The van der Waals surface area contributed by atoms with E-state index in [2.05, 4.69) is 0 Å². The smallest absolute Gasteiger partial charge is 0.317 e. The Morgan fingerprint density at radius 3 is 1.48 bits per heavy atom. The van der Waals surface area contributed by atoms with Crippen LogP contribution in [0, 0.1) is 23.7 Å². The lowest BCUT2D eigenvalue weighted by atomic mass is 9.82. The number of carbonyl (C=O) groups excluding carboxylic acids is 2. The molecule has 136 valence electrons. The largest absolute Gasteiger partial charge is 0.481 e. The Kier molecular flexibility index (Phi) is 6.24. The fraction of sp³-hybridized carbons (Fsp3) is 0.500. The van der Waals surface area contributed by atoms with Gasteiger partial charge >= 0.3 is 23.9 Å². The topological polar surface area (TPSA) is 118 Å². The van der Waals surface area contributed by atoms with E-state index in [0.29, 0.717) is 10.1 Å². The minimum atomic E-state index is -1.21. The fourth-order valence-corrected chi connectivity index (χ4v) is 3.51. The van der Waals surface area contributed by atoms with Crippen molar-refractivity contribution >= 4 is 47.1 Å². The fourth-order valence-electron chi connectivity index (χ4n) is 3.00. The van der Waals surface area contributed by atoms with Crippen LogP contribution in [-0.4, -0.2) is 34.1 Å². The first-order valence-electron chi connectivity index (χ1n) is 7.61. The average molecular weight is 391 g/mol. The number of esters is 2. The van der Waals surface area contributed by atoms with Gasteiger partial charge in [0, 0.05) is 10.1 Å². The molecule has 0 aromatic heterocycles. The summed E-state index contributed by atoms with van der Waals surface area (Å²) in [4.78, 5) is 47.1. The molecule has 2 rings (SSSR count). The van der Waals surface area contributed by atoms with Crippen molar-refractivity contribution in [1.82, 2.24) is 0 Å². The summed E-state index contributed by atoms with van der Waals surface area (Å²) in [7, 11) is 0. The van der Waals surface area contributed by atoms with Gasteiger partial charge in [0.2, 0.25) is 0 Å². The number of rotatable bonds is 4. The molecule has 0 heterocycles. The number of carboxylic acid groups (broad SMARTS) is 2. The molecule has 0 fully saturated rings. The minimum absolute atomic E-state index is 0.0234. The SMILES string of the molecule is O=C(O)C1CC(Cl)=CCC1C(=O)OC(=O)C1CC=C(Cl)CC1C(=O)O. The summed E-state index contributed by atoms with van der Waals surface area (Å²) >= 11 is 11.6. The van der Waals surface area contributed by atoms with E-state index in [4.69, 9.17) is 27.9 Å². The Hall–Kier alpha value is -1.86. The van der Waals surface area contributed by atoms with Crippen molar-refractivity contribution in [3.8, 4) is 0 Å². The molecule has 4 unspecified atom stereocenters. The van der Waals surface area contributed by atoms with Gasteiger partial charge in [-0.25, -0.2) is 0 Å². The second kappa shape index (κ2) is 8.01. The maximum absolute atomic E-state index is 12.2. The number of aliphatic carboxylic acids is 2. The van der Waals surface area contributed by atoms with Gasteiger partial charge in [0.1, 0.15) is 0 Å². The van der Waals surface area contributed by atoms with Gasteiger partial charge in [-0.2, -0.15) is 0 Å². The zero-order valence-electron chi connectivity index (χ0n) is 13.0. The van der Waals surface area contributed by atoms with E-state index in [1.54, 1.807) is 0 Å². The Labute approximate surface area is 153 Å². The molecule has 4 atom stereocenters. The number of hydrogen-bond donors (Lipinski definition) is 2. The number of carbonyl (C=O) groups is 4. The summed E-state index contributed by atoms with van der Waals surface area (Å²) in [5.41, 5.74) is 0. The highest BCUT2D eigenvalue weighted by molar-refractivity contribution is 6.30. The van der Waals surface area contributed by atoms with E-state index >= 15 is 0 Å². The number of halogens is 2. The molecule has 2 N–H and O–H groups in total. The molecule has 2 aliphatic rings. The maximum Gasteiger partial charge on any atom is 0.317 e. The molecule has 0 spiro atoms. The maximum atomic E-state index is 12.2. The van der Waals surface area contributed by atoms with Crippen LogP contribution in [0.4, 0.5) is 0 Å². The molecule has 0 amide bonds. The van der Waals surface area contributed by atoms with Crippen molar-refractivity contribution in [3.05, 3.63) is 22.2 Å². The third-order valence-electron chi connectivity index (χ3n) is 4.43. The predicted octanol–water partition coefficient (Wildman–Crippen LogP) is 2.52. The van der Waals surface area contributed by atoms with Crippen LogP contribution in [0.1, 0.15) is 25.7 Å². The van der Waals surface area contributed by atoms with Crippen LogP contribution in [0.3, 0.4) is 0 Å². The summed E-state index contributed by atoms with van der Waals surface area (Å²) < 4.78 is 4.81. The molecular formula is C16H16Cl2O7. The van der Waals surface area contributed by atoms with Crippen LogP contribution in [0.2, 0.25) is 0 Å². The summed E-state index contributed by atoms with van der Waals surface area (Å²) in [6, 6.07) is 0. The molecule has 0 aliphatic heterocycles. The molecule has 0 saturated carbocycles. The zero-order valence-corrected chi connectivity index (χ0v) is 14.5. The zero-order chi connectivity index (χ0) is 18.7. The lowest BCUT2D eigenvalue weighted by Crippen LogP contribution is -2.38. The molecule has 0 saturated heterocycles. The lowest BCUT2D eigenvalue weighted by Gasteiger charge is -2.27. The van der Waals surface area contributed by atoms with Crippen molar-refractivity contribution in [2.45, 2.75) is 25.7 Å². The lowest BCUT2D eigenvalue weighted by molar-refractivity contribution is -0.172. The summed E-state index contributed by atoms with van der Waals surface area (Å²) in [6.45, 7) is 0. The first-order valence-corrected chi connectivity index (χ1v) is 8.36. The van der Waals surface area contributed by atoms with Crippen LogP contribution < -0.4 is 0 Å². The molecule has 7 nitrogen and oxygen atoms in total. The van der Waals surface area contributed by atoms with Gasteiger partial charge in [0.25, 0.3) is 0 Å². The van der Waals surface area contributed by atoms with Crippen LogP contribution in [0.15, 0.2) is 22.2 Å². The number of carboxylic acids is 2. The molecule has 0 radical (unpaired) electrons. The van der Waals surface area contributed by atoms with Gasteiger partial charge in [-0.1, -0.05) is 35.4 Å². The third kappa shape index (κ3) is 4.61. The van der Waals surface area contributed by atoms with E-state index in [1.807, 2.05) is 0 Å². The van der Waals surface area contributed by atoms with Gasteiger partial charge in [0.05, 0.1) is 23.7 Å². The average Bonchev–Trinajstić information content (AvgIpc) is 2.54. The van der Waals surface area contributed by atoms with E-state index in [0.717, 1.165) is 0 Å². The predicted molar refractivity (Wildman–Crippen MR) is 86.7 cm³/mol. The summed E-state index contributed by atoms with van der Waals surface area (Å²) in [6.07, 6.45) is 3.07. The molecule has 9 heteroatoms. The van der Waals surface area contributed by atoms with Crippen LogP contribution in [0.5, 0.6) is 0 Å². The van der Waals surface area contributed by atoms with Gasteiger partial charge in [0.15, 0.2) is 0 Å². The molecule has 0 bridgehead atoms. The molecule has 25 heavy (non-hydrogen) atoms. The monoisotopic (exact) mass is 390 g/mol. The van der Waals surface area contributed by atoms with Gasteiger partial charge < -0.3 is 14.9 Å². The Balaban J connectivity index is 2.10. The minimum Gasteiger partial charge on any atom is -0.481 e. The van der Waals surface area contributed by atoms with Crippen molar-refractivity contribution in [2.24, 2.45) is 23.7 Å². The molecule has 0 aromatic rings. The normalized spacial score (nSPS) is 29.2. The van der Waals surface area contributed by atoms with Crippen LogP contribution in [-0.2, 0) is 23.9 Å². The first kappa shape index (κ1) is 19.5. The number of hydrogen-bond acceptors (Lipinski definition) is 5. The van der Waals surface area contributed by atoms with Crippen LogP contribution in [0.25, 0.3) is 0 Å². The van der Waals surface area contributed by atoms with E-state index in [9.17, 15) is 29.4 Å². The molecular weight excluding hydrogens is 375 g/mol. The Bertz CT molecular complexity index is 611. The Morgan fingerprint density at radius 1 is 0.800 bits per heavy atom. The number of allylic oxidation sites excluding steroid dienone is 4. The van der Waals surface area contributed by atoms with Crippen LogP contribution >= 0.6 is 23.2 Å². The molecule has 2 aliphatic carbocycles. The second-order valence-corrected chi connectivity index (χ2v) is 7.00. The number of ether oxygens (including phenoxy) is 1. The highest BCUT2D eigenvalue weighted by Gasteiger charge is 2.41. The standard InChI is InChI=1S/C16H16Cl2O7/c17-7-1-3-9(11(5-7)13(19)20)15(23)25-16(24)10-4-2-8(18)6-12(10)14(21)22/h1-2,9-12H,3-6H2,(H,19,20)(H,21,22). The highest BCUT2D eigenvalue weighted by atomic mass is 35.5. The van der Waals surface area contributed by atoms with Gasteiger partial charge in [-0.3, -0.25) is 19.2 Å². The van der Waals surface area contributed by atoms with Crippen molar-refractivity contribution in [3.63, 3.8) is 0 Å². The summed E-state index contributed by atoms with van der Waals surface area (Å²) in [5.74, 6) is -8.66. The van der Waals surface area contributed by atoms with E-state index < -0.39 is 47.5 Å². The Morgan fingerprint density at radius 2 is 1.16 bits per heavy atom. The van der Waals surface area contributed by atoms with Crippen molar-refractivity contribution in [1.29, 1.82) is 0 Å². The third-order valence-corrected chi connectivity index (χ3v) is 5.05. The summed E-state index contributed by atoms with van der Waals surface area (Å²) in [5, 5.41) is 19.1. The first-order chi connectivity index (χ1) is 11.7. The van der Waals surface area contributed by atoms with Gasteiger partial charge in [-0.05, 0) is 25.7 Å². The highest BCUT2D eigenvalue weighted by Crippen LogP contribution is 2.35. The molecule has 0 aromatic carbocycles. The quantitative estimate of drug-likeness (QED) is 0.558. The van der Waals surface area contributed by atoms with E-state index in [1.165, 1.54) is 12.2 Å². The van der Waals surface area contributed by atoms with Crippen molar-refractivity contribution in [2.75, 3.05) is 0 Å². The van der Waals surface area contributed by atoms with E-state index in [-0.39, 0.29) is 25.7 Å².